The van der Waals surface area contributed by atoms with Gasteiger partial charge in [0.25, 0.3) is 5.91 Å². The van der Waals surface area contributed by atoms with E-state index in [0.717, 1.165) is 11.3 Å². The predicted octanol–water partition coefficient (Wildman–Crippen LogP) is 3.28. The average molecular weight is 404 g/mol. The molecule has 1 aromatic carbocycles. The highest BCUT2D eigenvalue weighted by atomic mass is 79.9. The van der Waals surface area contributed by atoms with Gasteiger partial charge in [0.05, 0.1) is 28.8 Å². The standard InChI is InChI=1S/C17H18BrN5O2/c1-11-4-5-15(12(2)6-11)25-10-23-9-13(7-20-23)21-17(24)16-14(18)8-19-22(16)3/h4-9H,10H2,1-3H3,(H,21,24). The highest BCUT2D eigenvalue weighted by Crippen LogP contribution is 2.20. The molecule has 7 nitrogen and oxygen atoms in total. The van der Waals surface area contributed by atoms with E-state index >= 15 is 0 Å². The van der Waals surface area contributed by atoms with Gasteiger partial charge in [0, 0.05) is 7.05 Å². The minimum atomic E-state index is -0.262. The number of carbonyl (C=O) groups is 1. The normalized spacial score (nSPS) is 10.7. The third kappa shape index (κ3) is 3.90. The molecule has 0 spiro atoms. The van der Waals surface area contributed by atoms with Crippen LogP contribution in [0.5, 0.6) is 5.75 Å². The van der Waals surface area contributed by atoms with Gasteiger partial charge in [0.15, 0.2) is 6.73 Å². The molecular formula is C17H18BrN5O2. The summed E-state index contributed by atoms with van der Waals surface area (Å²) in [7, 11) is 1.71. The van der Waals surface area contributed by atoms with Gasteiger partial charge < -0.3 is 10.1 Å². The monoisotopic (exact) mass is 403 g/mol. The van der Waals surface area contributed by atoms with Crippen LogP contribution in [-0.4, -0.2) is 25.5 Å². The zero-order chi connectivity index (χ0) is 18.0. The van der Waals surface area contributed by atoms with Crippen LogP contribution >= 0.6 is 15.9 Å². The maximum atomic E-state index is 12.3. The van der Waals surface area contributed by atoms with E-state index in [4.69, 9.17) is 4.74 Å². The van der Waals surface area contributed by atoms with E-state index in [9.17, 15) is 4.79 Å². The molecule has 0 fully saturated rings. The van der Waals surface area contributed by atoms with Gasteiger partial charge in [-0.3, -0.25) is 9.48 Å². The van der Waals surface area contributed by atoms with Crippen molar-refractivity contribution in [3.8, 4) is 5.75 Å². The molecule has 0 radical (unpaired) electrons. The van der Waals surface area contributed by atoms with Gasteiger partial charge in [-0.2, -0.15) is 10.2 Å². The zero-order valence-electron chi connectivity index (χ0n) is 14.2. The van der Waals surface area contributed by atoms with Crippen LogP contribution in [0.3, 0.4) is 0 Å². The number of carbonyl (C=O) groups excluding carboxylic acids is 1. The number of benzene rings is 1. The van der Waals surface area contributed by atoms with Crippen LogP contribution in [-0.2, 0) is 13.8 Å². The Hall–Kier alpha value is -2.61. The van der Waals surface area contributed by atoms with Crippen molar-refractivity contribution in [2.24, 2.45) is 7.05 Å². The van der Waals surface area contributed by atoms with Gasteiger partial charge in [0.1, 0.15) is 11.4 Å². The Morgan fingerprint density at radius 2 is 2.08 bits per heavy atom. The van der Waals surface area contributed by atoms with Crippen molar-refractivity contribution in [2.75, 3.05) is 5.32 Å². The van der Waals surface area contributed by atoms with Crippen LogP contribution < -0.4 is 10.1 Å². The van der Waals surface area contributed by atoms with Crippen LogP contribution in [0.1, 0.15) is 21.6 Å². The molecule has 130 valence electrons. The van der Waals surface area contributed by atoms with Crippen molar-refractivity contribution in [2.45, 2.75) is 20.6 Å². The number of aryl methyl sites for hydroxylation is 3. The lowest BCUT2D eigenvalue weighted by atomic mass is 10.1. The minimum absolute atomic E-state index is 0.259. The van der Waals surface area contributed by atoms with Crippen LogP contribution in [0.15, 0.2) is 41.3 Å². The summed E-state index contributed by atoms with van der Waals surface area (Å²) in [4.78, 5) is 12.3. The number of hydrogen-bond acceptors (Lipinski definition) is 4. The minimum Gasteiger partial charge on any atom is -0.471 e. The molecule has 0 aliphatic heterocycles. The molecule has 0 atom stereocenters. The molecule has 1 N–H and O–H groups in total. The molecule has 2 aromatic heterocycles. The Bertz CT molecular complexity index is 896. The summed E-state index contributed by atoms with van der Waals surface area (Å²) in [5.41, 5.74) is 3.29. The zero-order valence-corrected chi connectivity index (χ0v) is 15.7. The lowest BCUT2D eigenvalue weighted by Crippen LogP contribution is -2.16. The van der Waals surface area contributed by atoms with E-state index in [1.165, 1.54) is 10.2 Å². The number of ether oxygens (including phenoxy) is 1. The first-order valence-electron chi connectivity index (χ1n) is 7.65. The van der Waals surface area contributed by atoms with Crippen molar-refractivity contribution < 1.29 is 9.53 Å². The molecule has 0 aliphatic carbocycles. The van der Waals surface area contributed by atoms with Gasteiger partial charge in [-0.25, -0.2) is 4.68 Å². The SMILES string of the molecule is Cc1ccc(OCn2cc(NC(=O)c3c(Br)cnn3C)cn2)c(C)c1. The number of hydrogen-bond donors (Lipinski definition) is 1. The van der Waals surface area contributed by atoms with E-state index in [-0.39, 0.29) is 12.6 Å². The molecule has 1 amide bonds. The predicted molar refractivity (Wildman–Crippen MR) is 97.6 cm³/mol. The molecule has 0 saturated carbocycles. The third-order valence-electron chi connectivity index (χ3n) is 3.68. The molecule has 25 heavy (non-hydrogen) atoms. The van der Waals surface area contributed by atoms with Gasteiger partial charge in [-0.05, 0) is 41.4 Å². The maximum Gasteiger partial charge on any atom is 0.275 e. The number of rotatable bonds is 5. The summed E-state index contributed by atoms with van der Waals surface area (Å²) in [5, 5.41) is 11.0. The van der Waals surface area contributed by atoms with Crippen molar-refractivity contribution in [3.63, 3.8) is 0 Å². The Labute approximate surface area is 153 Å². The fourth-order valence-electron chi connectivity index (χ4n) is 2.45. The van der Waals surface area contributed by atoms with Gasteiger partial charge in [-0.15, -0.1) is 0 Å². The second-order valence-electron chi connectivity index (χ2n) is 5.73. The fourth-order valence-corrected chi connectivity index (χ4v) is 2.98. The van der Waals surface area contributed by atoms with Crippen LogP contribution in [0.4, 0.5) is 5.69 Å². The highest BCUT2D eigenvalue weighted by molar-refractivity contribution is 9.10. The van der Waals surface area contributed by atoms with Crippen molar-refractivity contribution in [1.82, 2.24) is 19.6 Å². The largest absolute Gasteiger partial charge is 0.471 e. The van der Waals surface area contributed by atoms with E-state index in [0.29, 0.717) is 15.9 Å². The van der Waals surface area contributed by atoms with Crippen LogP contribution in [0, 0.1) is 13.8 Å². The highest BCUT2D eigenvalue weighted by Gasteiger charge is 2.16. The van der Waals surface area contributed by atoms with Gasteiger partial charge >= 0.3 is 0 Å². The van der Waals surface area contributed by atoms with Crippen molar-refractivity contribution >= 4 is 27.5 Å². The first-order chi connectivity index (χ1) is 11.9. The summed E-state index contributed by atoms with van der Waals surface area (Å²) < 4.78 is 9.54. The molecule has 0 saturated heterocycles. The second kappa shape index (κ2) is 7.10. The first-order valence-corrected chi connectivity index (χ1v) is 8.44. The second-order valence-corrected chi connectivity index (χ2v) is 6.58. The summed E-state index contributed by atoms with van der Waals surface area (Å²) in [6.45, 7) is 4.30. The van der Waals surface area contributed by atoms with E-state index in [1.54, 1.807) is 30.3 Å². The Morgan fingerprint density at radius 3 is 2.76 bits per heavy atom. The van der Waals surface area contributed by atoms with Crippen molar-refractivity contribution in [1.29, 1.82) is 0 Å². The molecule has 2 heterocycles. The van der Waals surface area contributed by atoms with Crippen molar-refractivity contribution in [3.05, 3.63) is 58.1 Å². The molecule has 8 heteroatoms. The summed E-state index contributed by atoms with van der Waals surface area (Å²) in [5.74, 6) is 0.548. The molecule has 0 unspecified atom stereocenters. The van der Waals surface area contributed by atoms with Crippen LogP contribution in [0.25, 0.3) is 0 Å². The molecule has 3 aromatic rings. The van der Waals surface area contributed by atoms with E-state index in [1.807, 2.05) is 26.0 Å². The molecular weight excluding hydrogens is 386 g/mol. The first kappa shape index (κ1) is 17.2. The molecule has 0 aliphatic rings. The molecule has 0 bridgehead atoms. The lowest BCUT2D eigenvalue weighted by Gasteiger charge is -2.09. The maximum absolute atomic E-state index is 12.3. The number of nitrogens with one attached hydrogen (secondary N) is 1. The number of halogens is 1. The summed E-state index contributed by atoms with van der Waals surface area (Å²) in [6.07, 6.45) is 4.87. The Morgan fingerprint density at radius 1 is 1.28 bits per heavy atom. The number of aromatic nitrogens is 4. The van der Waals surface area contributed by atoms with E-state index in [2.05, 4.69) is 37.5 Å². The number of anilines is 1. The topological polar surface area (TPSA) is 74.0 Å². The quantitative estimate of drug-likeness (QED) is 0.709. The smallest absolute Gasteiger partial charge is 0.275 e. The van der Waals surface area contributed by atoms with Gasteiger partial charge in [0.2, 0.25) is 0 Å². The third-order valence-corrected chi connectivity index (χ3v) is 4.26. The average Bonchev–Trinajstić information content (AvgIpc) is 3.13. The Balaban J connectivity index is 1.63. The number of amides is 1. The number of nitrogens with zero attached hydrogens (tertiary/aromatic N) is 4. The summed E-state index contributed by atoms with van der Waals surface area (Å²) in [6, 6.07) is 6.01. The van der Waals surface area contributed by atoms with Gasteiger partial charge in [-0.1, -0.05) is 17.7 Å². The fraction of sp³-hybridized carbons (Fsp3) is 0.235. The summed E-state index contributed by atoms with van der Waals surface area (Å²) >= 11 is 3.31. The van der Waals surface area contributed by atoms with E-state index < -0.39 is 0 Å². The lowest BCUT2D eigenvalue weighted by molar-refractivity contribution is 0.101. The molecule has 3 rings (SSSR count). The van der Waals surface area contributed by atoms with Crippen LogP contribution in [0.2, 0.25) is 0 Å². The Kier molecular flexibility index (Phi) is 4.89.